The SMILES string of the molecule is CCCC[C@@H](O)C#CCCCCCCCCCCCCCC(=O)OCC. The van der Waals surface area contributed by atoms with Gasteiger partial charge in [0.15, 0.2) is 0 Å². The van der Waals surface area contributed by atoms with Crippen LogP contribution in [0.2, 0.25) is 0 Å². The molecule has 152 valence electrons. The summed E-state index contributed by atoms with van der Waals surface area (Å²) in [5, 5.41) is 9.62. The van der Waals surface area contributed by atoms with Gasteiger partial charge >= 0.3 is 5.97 Å². The fourth-order valence-corrected chi connectivity index (χ4v) is 2.97. The molecule has 0 aliphatic carbocycles. The van der Waals surface area contributed by atoms with Crippen LogP contribution in [0.15, 0.2) is 0 Å². The van der Waals surface area contributed by atoms with E-state index in [1.54, 1.807) is 0 Å². The average molecular weight is 367 g/mol. The Bertz CT molecular complexity index is 367. The molecular formula is C23H42O3. The second-order valence-electron chi connectivity index (χ2n) is 7.17. The van der Waals surface area contributed by atoms with Crippen molar-refractivity contribution < 1.29 is 14.6 Å². The van der Waals surface area contributed by atoms with Gasteiger partial charge in [-0.3, -0.25) is 4.79 Å². The van der Waals surface area contributed by atoms with Gasteiger partial charge in [0.25, 0.3) is 0 Å². The van der Waals surface area contributed by atoms with E-state index < -0.39 is 6.10 Å². The summed E-state index contributed by atoms with van der Waals surface area (Å²) in [5.74, 6) is 6.01. The van der Waals surface area contributed by atoms with Crippen molar-refractivity contribution in [3.8, 4) is 11.8 Å². The van der Waals surface area contributed by atoms with E-state index in [9.17, 15) is 9.90 Å². The zero-order chi connectivity index (χ0) is 19.3. The number of carbonyl (C=O) groups is 1. The van der Waals surface area contributed by atoms with Gasteiger partial charge in [-0.15, -0.1) is 5.92 Å². The molecule has 0 radical (unpaired) electrons. The Morgan fingerprint density at radius 3 is 1.92 bits per heavy atom. The van der Waals surface area contributed by atoms with E-state index in [0.717, 1.165) is 44.9 Å². The third-order valence-corrected chi connectivity index (χ3v) is 4.59. The Kier molecular flexibility index (Phi) is 19.5. The van der Waals surface area contributed by atoms with Crippen LogP contribution in [0.4, 0.5) is 0 Å². The summed E-state index contributed by atoms with van der Waals surface area (Å²) in [4.78, 5) is 11.2. The molecule has 0 aromatic carbocycles. The highest BCUT2D eigenvalue weighted by molar-refractivity contribution is 5.69. The van der Waals surface area contributed by atoms with Gasteiger partial charge in [0, 0.05) is 12.8 Å². The van der Waals surface area contributed by atoms with Crippen LogP contribution in [-0.4, -0.2) is 23.8 Å². The third-order valence-electron chi connectivity index (χ3n) is 4.59. The maximum Gasteiger partial charge on any atom is 0.305 e. The Hall–Kier alpha value is -1.01. The molecule has 1 atom stereocenters. The minimum Gasteiger partial charge on any atom is -0.466 e. The first kappa shape index (κ1) is 25.0. The Morgan fingerprint density at radius 2 is 1.38 bits per heavy atom. The van der Waals surface area contributed by atoms with Crippen LogP contribution in [0.1, 0.15) is 117 Å². The molecule has 0 heterocycles. The number of rotatable bonds is 17. The highest BCUT2D eigenvalue weighted by atomic mass is 16.5. The summed E-state index contributed by atoms with van der Waals surface area (Å²) in [6.45, 7) is 4.48. The first-order valence-corrected chi connectivity index (χ1v) is 11.0. The molecule has 0 aliphatic heterocycles. The Morgan fingerprint density at radius 1 is 0.846 bits per heavy atom. The normalized spacial score (nSPS) is 11.7. The average Bonchev–Trinajstić information content (AvgIpc) is 2.63. The molecule has 1 N–H and O–H groups in total. The highest BCUT2D eigenvalue weighted by Crippen LogP contribution is 2.12. The van der Waals surface area contributed by atoms with Crippen LogP contribution in [0, 0.1) is 11.8 Å². The molecule has 0 aliphatic rings. The fourth-order valence-electron chi connectivity index (χ4n) is 2.97. The van der Waals surface area contributed by atoms with E-state index in [-0.39, 0.29) is 5.97 Å². The monoisotopic (exact) mass is 366 g/mol. The molecule has 0 aromatic heterocycles. The predicted octanol–water partition coefficient (Wildman–Crippen LogP) is 6.18. The molecule has 0 aromatic rings. The smallest absolute Gasteiger partial charge is 0.305 e. The first-order valence-electron chi connectivity index (χ1n) is 11.0. The molecule has 0 amide bonds. The van der Waals surface area contributed by atoms with Crippen molar-refractivity contribution in [3.05, 3.63) is 0 Å². The van der Waals surface area contributed by atoms with Crippen molar-refractivity contribution in [2.45, 2.75) is 123 Å². The summed E-state index contributed by atoms with van der Waals surface area (Å²) in [5.41, 5.74) is 0. The van der Waals surface area contributed by atoms with Crippen LogP contribution in [0.5, 0.6) is 0 Å². The second-order valence-corrected chi connectivity index (χ2v) is 7.17. The lowest BCUT2D eigenvalue weighted by molar-refractivity contribution is -0.143. The molecule has 3 nitrogen and oxygen atoms in total. The number of esters is 1. The van der Waals surface area contributed by atoms with E-state index in [1.165, 1.54) is 51.4 Å². The van der Waals surface area contributed by atoms with Gasteiger partial charge in [0.2, 0.25) is 0 Å². The van der Waals surface area contributed by atoms with Gasteiger partial charge < -0.3 is 9.84 Å². The number of aliphatic hydroxyl groups excluding tert-OH is 1. The lowest BCUT2D eigenvalue weighted by Crippen LogP contribution is -2.03. The minimum absolute atomic E-state index is 0.0499. The summed E-state index contributed by atoms with van der Waals surface area (Å²) >= 11 is 0. The van der Waals surface area contributed by atoms with E-state index in [2.05, 4.69) is 18.8 Å². The van der Waals surface area contributed by atoms with E-state index >= 15 is 0 Å². The molecule has 0 saturated carbocycles. The lowest BCUT2D eigenvalue weighted by atomic mass is 10.0. The maximum absolute atomic E-state index is 11.2. The van der Waals surface area contributed by atoms with Crippen LogP contribution in [0.25, 0.3) is 0 Å². The van der Waals surface area contributed by atoms with Crippen molar-refractivity contribution in [1.82, 2.24) is 0 Å². The molecule has 0 unspecified atom stereocenters. The molecule has 0 rings (SSSR count). The van der Waals surface area contributed by atoms with Gasteiger partial charge in [-0.1, -0.05) is 83.5 Å². The largest absolute Gasteiger partial charge is 0.466 e. The number of unbranched alkanes of at least 4 members (excludes halogenated alkanes) is 12. The van der Waals surface area contributed by atoms with Gasteiger partial charge in [-0.05, 0) is 26.2 Å². The number of hydrogen-bond donors (Lipinski definition) is 1. The van der Waals surface area contributed by atoms with Gasteiger partial charge in [-0.2, -0.15) is 0 Å². The number of hydrogen-bond acceptors (Lipinski definition) is 3. The summed E-state index contributed by atoms with van der Waals surface area (Å²) in [6, 6.07) is 0. The quantitative estimate of drug-likeness (QED) is 0.190. The standard InChI is InChI=1S/C23H42O3/c1-3-5-19-22(24)20-17-15-13-11-9-7-6-8-10-12-14-16-18-21-23(25)26-4-2/h22,24H,3-16,18-19,21H2,1-2H3/t22-/m1/s1. The van der Waals surface area contributed by atoms with Gasteiger partial charge in [0.05, 0.1) is 6.61 Å². The molecule has 0 saturated heterocycles. The molecule has 0 spiro atoms. The first-order chi connectivity index (χ1) is 12.7. The van der Waals surface area contributed by atoms with Crippen molar-refractivity contribution in [3.63, 3.8) is 0 Å². The minimum atomic E-state index is -0.417. The zero-order valence-electron chi connectivity index (χ0n) is 17.4. The predicted molar refractivity (Wildman–Crippen MR) is 110 cm³/mol. The van der Waals surface area contributed by atoms with Crippen molar-refractivity contribution in [2.75, 3.05) is 6.61 Å². The summed E-state index contributed by atoms with van der Waals surface area (Å²) in [6.07, 6.45) is 17.8. The van der Waals surface area contributed by atoms with Crippen molar-refractivity contribution >= 4 is 5.97 Å². The topological polar surface area (TPSA) is 46.5 Å². The molecule has 0 fully saturated rings. The number of carbonyl (C=O) groups excluding carboxylic acids is 1. The van der Waals surface area contributed by atoms with Crippen molar-refractivity contribution in [2.24, 2.45) is 0 Å². The zero-order valence-corrected chi connectivity index (χ0v) is 17.4. The van der Waals surface area contributed by atoms with Crippen LogP contribution in [-0.2, 0) is 9.53 Å². The van der Waals surface area contributed by atoms with E-state index in [4.69, 9.17) is 4.74 Å². The third kappa shape index (κ3) is 19.3. The molecule has 26 heavy (non-hydrogen) atoms. The number of ether oxygens (including phenoxy) is 1. The van der Waals surface area contributed by atoms with Crippen LogP contribution >= 0.6 is 0 Å². The van der Waals surface area contributed by atoms with Gasteiger partial charge in [0.1, 0.15) is 6.10 Å². The highest BCUT2D eigenvalue weighted by Gasteiger charge is 2.00. The Labute approximate surface area is 162 Å². The fraction of sp³-hybridized carbons (Fsp3) is 0.870. The van der Waals surface area contributed by atoms with E-state index in [1.807, 2.05) is 6.92 Å². The van der Waals surface area contributed by atoms with E-state index in [0.29, 0.717) is 13.0 Å². The molecular weight excluding hydrogens is 324 g/mol. The molecule has 3 heteroatoms. The maximum atomic E-state index is 11.2. The van der Waals surface area contributed by atoms with Crippen LogP contribution in [0.3, 0.4) is 0 Å². The van der Waals surface area contributed by atoms with Gasteiger partial charge in [-0.25, -0.2) is 0 Å². The summed E-state index contributed by atoms with van der Waals surface area (Å²) < 4.78 is 4.92. The van der Waals surface area contributed by atoms with Crippen molar-refractivity contribution in [1.29, 1.82) is 0 Å². The summed E-state index contributed by atoms with van der Waals surface area (Å²) in [7, 11) is 0. The Balaban J connectivity index is 3.20. The molecule has 0 bridgehead atoms. The lowest BCUT2D eigenvalue weighted by Gasteiger charge is -2.03. The van der Waals surface area contributed by atoms with Crippen LogP contribution < -0.4 is 0 Å². The number of aliphatic hydroxyl groups is 1. The second kappa shape index (κ2) is 20.3.